The molecule has 0 aliphatic rings. The molecule has 0 radical (unpaired) electrons. The quantitative estimate of drug-likeness (QED) is 0.549. The van der Waals surface area contributed by atoms with Gasteiger partial charge in [0.05, 0.1) is 5.02 Å². The maximum atomic E-state index is 7.41. The van der Waals surface area contributed by atoms with E-state index in [0.717, 1.165) is 16.5 Å². The van der Waals surface area contributed by atoms with Gasteiger partial charge in [-0.1, -0.05) is 41.9 Å². The zero-order chi connectivity index (χ0) is 14.8. The van der Waals surface area contributed by atoms with Gasteiger partial charge in [-0.2, -0.15) is 0 Å². The molecule has 0 bridgehead atoms. The first kappa shape index (κ1) is 13.5. The van der Waals surface area contributed by atoms with Gasteiger partial charge in [0.1, 0.15) is 17.3 Å². The number of ether oxygens (including phenoxy) is 1. The minimum Gasteiger partial charge on any atom is -0.457 e. The van der Waals surface area contributed by atoms with Gasteiger partial charge in [0, 0.05) is 11.6 Å². The Labute approximate surface area is 127 Å². The number of rotatable bonds is 3. The lowest BCUT2D eigenvalue weighted by molar-refractivity contribution is 0.483. The van der Waals surface area contributed by atoms with Crippen molar-refractivity contribution in [1.29, 1.82) is 5.41 Å². The maximum Gasteiger partial charge on any atom is 0.128 e. The van der Waals surface area contributed by atoms with Crippen LogP contribution in [0.25, 0.3) is 10.8 Å². The summed E-state index contributed by atoms with van der Waals surface area (Å²) < 4.78 is 5.81. The van der Waals surface area contributed by atoms with Gasteiger partial charge in [-0.05, 0) is 35.0 Å². The highest BCUT2D eigenvalue weighted by Crippen LogP contribution is 2.28. The van der Waals surface area contributed by atoms with E-state index >= 15 is 0 Å². The summed E-state index contributed by atoms with van der Waals surface area (Å²) in [6.45, 7) is 0. The first-order chi connectivity index (χ1) is 10.1. The fraction of sp³-hybridized carbons (Fsp3) is 0. The van der Waals surface area contributed by atoms with Crippen LogP contribution >= 0.6 is 11.6 Å². The molecule has 0 unspecified atom stereocenters. The van der Waals surface area contributed by atoms with Crippen molar-refractivity contribution in [3.63, 3.8) is 0 Å². The van der Waals surface area contributed by atoms with Crippen molar-refractivity contribution in [2.75, 3.05) is 0 Å². The van der Waals surface area contributed by atoms with Crippen LogP contribution in [0, 0.1) is 5.41 Å². The van der Waals surface area contributed by atoms with Crippen LogP contribution in [0.15, 0.2) is 60.7 Å². The Bertz CT molecular complexity index is 830. The molecule has 0 fully saturated rings. The zero-order valence-electron chi connectivity index (χ0n) is 11.1. The van der Waals surface area contributed by atoms with E-state index in [2.05, 4.69) is 6.07 Å². The Kier molecular flexibility index (Phi) is 3.50. The van der Waals surface area contributed by atoms with Crippen LogP contribution in [-0.4, -0.2) is 5.84 Å². The number of nitrogens with two attached hydrogens (primary N) is 1. The lowest BCUT2D eigenvalue weighted by atomic mass is 10.1. The molecule has 0 aliphatic carbocycles. The summed E-state index contributed by atoms with van der Waals surface area (Å²) >= 11 is 6.08. The molecule has 0 atom stereocenters. The standard InChI is InChI=1S/C17H13ClN2O/c18-16-10-14(7-8-15(16)17(19)20)21-13-6-5-11-3-1-2-4-12(11)9-13/h1-10H,(H3,19,20). The summed E-state index contributed by atoms with van der Waals surface area (Å²) in [5.41, 5.74) is 5.94. The van der Waals surface area contributed by atoms with Crippen LogP contribution in [0.5, 0.6) is 11.5 Å². The number of amidine groups is 1. The van der Waals surface area contributed by atoms with E-state index in [1.54, 1.807) is 18.2 Å². The number of halogens is 1. The van der Waals surface area contributed by atoms with Gasteiger partial charge >= 0.3 is 0 Å². The third-order valence-electron chi connectivity index (χ3n) is 3.19. The predicted octanol–water partition coefficient (Wildman–Crippen LogP) is 4.57. The van der Waals surface area contributed by atoms with Crippen molar-refractivity contribution in [3.05, 3.63) is 71.2 Å². The summed E-state index contributed by atoms with van der Waals surface area (Å²) in [6, 6.07) is 19.1. The molecule has 3 aromatic rings. The van der Waals surface area contributed by atoms with E-state index in [4.69, 9.17) is 27.5 Å². The number of nitrogens with one attached hydrogen (secondary N) is 1. The molecule has 3 rings (SSSR count). The third kappa shape index (κ3) is 2.83. The molecule has 3 aromatic carbocycles. The van der Waals surface area contributed by atoms with Gasteiger partial charge in [0.25, 0.3) is 0 Å². The maximum absolute atomic E-state index is 7.41. The molecule has 4 heteroatoms. The second kappa shape index (κ2) is 5.46. The summed E-state index contributed by atoms with van der Waals surface area (Å²) in [6.07, 6.45) is 0. The number of hydrogen-bond acceptors (Lipinski definition) is 2. The lowest BCUT2D eigenvalue weighted by Crippen LogP contribution is -2.11. The van der Waals surface area contributed by atoms with E-state index < -0.39 is 0 Å². The lowest BCUT2D eigenvalue weighted by Gasteiger charge is -2.09. The van der Waals surface area contributed by atoms with Crippen LogP contribution in [0.2, 0.25) is 5.02 Å². The SMILES string of the molecule is N=C(N)c1ccc(Oc2ccc3ccccc3c2)cc1Cl. The molecule has 0 aliphatic heterocycles. The molecule has 104 valence electrons. The number of fused-ring (bicyclic) bond motifs is 1. The summed E-state index contributed by atoms with van der Waals surface area (Å²) in [5.74, 6) is 1.29. The van der Waals surface area contributed by atoms with Crippen molar-refractivity contribution in [2.45, 2.75) is 0 Å². The molecule has 0 spiro atoms. The average Bonchev–Trinajstić information content (AvgIpc) is 2.47. The van der Waals surface area contributed by atoms with Gasteiger partial charge in [0.2, 0.25) is 0 Å². The highest BCUT2D eigenvalue weighted by Gasteiger charge is 2.06. The Morgan fingerprint density at radius 1 is 0.905 bits per heavy atom. The van der Waals surface area contributed by atoms with Crippen molar-refractivity contribution in [1.82, 2.24) is 0 Å². The highest BCUT2D eigenvalue weighted by molar-refractivity contribution is 6.34. The van der Waals surface area contributed by atoms with Gasteiger partial charge < -0.3 is 10.5 Å². The van der Waals surface area contributed by atoms with Gasteiger partial charge in [-0.15, -0.1) is 0 Å². The van der Waals surface area contributed by atoms with Gasteiger partial charge in [-0.3, -0.25) is 5.41 Å². The molecule has 0 amide bonds. The van der Waals surface area contributed by atoms with E-state index in [-0.39, 0.29) is 5.84 Å². The molecule has 21 heavy (non-hydrogen) atoms. The molecule has 0 saturated heterocycles. The molecular formula is C17H13ClN2O. The first-order valence-corrected chi connectivity index (χ1v) is 6.82. The second-order valence-electron chi connectivity index (χ2n) is 4.67. The fourth-order valence-electron chi connectivity index (χ4n) is 2.14. The molecule has 0 heterocycles. The molecular weight excluding hydrogens is 284 g/mol. The van der Waals surface area contributed by atoms with E-state index in [1.807, 2.05) is 36.4 Å². The van der Waals surface area contributed by atoms with Crippen LogP contribution < -0.4 is 10.5 Å². The Hall–Kier alpha value is -2.52. The topological polar surface area (TPSA) is 59.1 Å². The number of nitrogen functional groups attached to an aromatic ring is 1. The van der Waals surface area contributed by atoms with E-state index in [1.165, 1.54) is 0 Å². The summed E-state index contributed by atoms with van der Waals surface area (Å²) in [5, 5.41) is 10.1. The first-order valence-electron chi connectivity index (χ1n) is 6.44. The van der Waals surface area contributed by atoms with Gasteiger partial charge in [0.15, 0.2) is 0 Å². The molecule has 3 N–H and O–H groups in total. The fourth-order valence-corrected chi connectivity index (χ4v) is 2.42. The zero-order valence-corrected chi connectivity index (χ0v) is 11.9. The van der Waals surface area contributed by atoms with Crippen LogP contribution in [0.4, 0.5) is 0 Å². The number of benzene rings is 3. The van der Waals surface area contributed by atoms with E-state index in [9.17, 15) is 0 Å². The minimum absolute atomic E-state index is 0.0581. The van der Waals surface area contributed by atoms with Crippen LogP contribution in [0.3, 0.4) is 0 Å². The third-order valence-corrected chi connectivity index (χ3v) is 3.50. The van der Waals surface area contributed by atoms with Crippen molar-refractivity contribution in [2.24, 2.45) is 5.73 Å². The highest BCUT2D eigenvalue weighted by atomic mass is 35.5. The monoisotopic (exact) mass is 296 g/mol. The predicted molar refractivity (Wildman–Crippen MR) is 86.5 cm³/mol. The van der Waals surface area contributed by atoms with Crippen LogP contribution in [-0.2, 0) is 0 Å². The normalized spacial score (nSPS) is 10.5. The van der Waals surface area contributed by atoms with Crippen LogP contribution in [0.1, 0.15) is 5.56 Å². The van der Waals surface area contributed by atoms with Crippen molar-refractivity contribution in [3.8, 4) is 11.5 Å². The van der Waals surface area contributed by atoms with Gasteiger partial charge in [-0.25, -0.2) is 0 Å². The van der Waals surface area contributed by atoms with E-state index in [0.29, 0.717) is 16.3 Å². The smallest absolute Gasteiger partial charge is 0.128 e. The summed E-state index contributed by atoms with van der Waals surface area (Å²) in [4.78, 5) is 0. The Morgan fingerprint density at radius 2 is 1.57 bits per heavy atom. The number of hydrogen-bond donors (Lipinski definition) is 2. The summed E-state index contributed by atoms with van der Waals surface area (Å²) in [7, 11) is 0. The molecule has 0 saturated carbocycles. The van der Waals surface area contributed by atoms with Crippen molar-refractivity contribution >= 4 is 28.2 Å². The Morgan fingerprint density at radius 3 is 2.29 bits per heavy atom. The molecule has 0 aromatic heterocycles. The average molecular weight is 297 g/mol. The largest absolute Gasteiger partial charge is 0.457 e. The second-order valence-corrected chi connectivity index (χ2v) is 5.07. The Balaban J connectivity index is 1.91. The molecule has 3 nitrogen and oxygen atoms in total. The minimum atomic E-state index is -0.0581. The van der Waals surface area contributed by atoms with Crippen molar-refractivity contribution < 1.29 is 4.74 Å².